The van der Waals surface area contributed by atoms with Crippen LogP contribution in [-0.2, 0) is 7.05 Å². The molecule has 3 aromatic heterocycles. The highest BCUT2D eigenvalue weighted by Gasteiger charge is 2.26. The van der Waals surface area contributed by atoms with Gasteiger partial charge in [-0.1, -0.05) is 30.0 Å². The molecule has 0 spiro atoms. The highest BCUT2D eigenvalue weighted by molar-refractivity contribution is 6.33. The fourth-order valence-corrected chi connectivity index (χ4v) is 3.45. The molecule has 1 N–H and O–H groups in total. The van der Waals surface area contributed by atoms with Crippen LogP contribution in [0.4, 0.5) is 0 Å². The van der Waals surface area contributed by atoms with E-state index in [2.05, 4.69) is 31.8 Å². The second-order valence-corrected chi connectivity index (χ2v) is 6.92. The Morgan fingerprint density at radius 3 is 2.69 bits per heavy atom. The van der Waals surface area contributed by atoms with Crippen LogP contribution in [0.3, 0.4) is 0 Å². The Morgan fingerprint density at radius 1 is 1.15 bits per heavy atom. The van der Waals surface area contributed by atoms with Crippen LogP contribution in [0.1, 0.15) is 37.9 Å². The Morgan fingerprint density at radius 2 is 1.96 bits per heavy atom. The van der Waals surface area contributed by atoms with Crippen LogP contribution in [0.15, 0.2) is 24.4 Å². The Kier molecular flexibility index (Phi) is 4.35. The fraction of sp³-hybridized carbons (Fsp3) is 0.368. The van der Waals surface area contributed by atoms with Crippen LogP contribution < -0.4 is 0 Å². The number of aryl methyl sites for hydroxylation is 1. The summed E-state index contributed by atoms with van der Waals surface area (Å²) in [6, 6.07) is 5.63. The standard InChI is InChI=1S/C19H18ClN5O/c1-25-17(13-7-3-6-12-21-13)24-15-16(20)22-14(23-18(15)25)8-11-19(26)9-4-2-5-10-19/h3,6-7,12,26H,2,4-5,9-10H2,1H3. The van der Waals surface area contributed by atoms with Gasteiger partial charge in [0.2, 0.25) is 5.82 Å². The molecule has 0 aliphatic heterocycles. The highest BCUT2D eigenvalue weighted by Crippen LogP contribution is 2.28. The molecule has 0 amide bonds. The molecule has 1 aliphatic carbocycles. The minimum Gasteiger partial charge on any atom is -0.378 e. The molecule has 3 heterocycles. The third-order valence-electron chi connectivity index (χ3n) is 4.66. The maximum Gasteiger partial charge on any atom is 0.208 e. The second-order valence-electron chi connectivity index (χ2n) is 6.56. The molecule has 0 aromatic carbocycles. The van der Waals surface area contributed by atoms with Gasteiger partial charge in [-0.05, 0) is 43.7 Å². The first-order valence-corrected chi connectivity index (χ1v) is 9.00. The first-order chi connectivity index (χ1) is 12.6. The number of pyridine rings is 1. The molecule has 1 fully saturated rings. The zero-order valence-corrected chi connectivity index (χ0v) is 15.2. The average molecular weight is 368 g/mol. The summed E-state index contributed by atoms with van der Waals surface area (Å²) in [5, 5.41) is 10.8. The molecule has 132 valence electrons. The molecule has 0 unspecified atom stereocenters. The predicted molar refractivity (Wildman–Crippen MR) is 99.5 cm³/mol. The van der Waals surface area contributed by atoms with Gasteiger partial charge in [0.25, 0.3) is 0 Å². The molecular formula is C19H18ClN5O. The van der Waals surface area contributed by atoms with E-state index in [1.807, 2.05) is 29.8 Å². The van der Waals surface area contributed by atoms with E-state index in [0.29, 0.717) is 29.8 Å². The number of aromatic nitrogens is 5. The van der Waals surface area contributed by atoms with Crippen molar-refractivity contribution < 1.29 is 5.11 Å². The minimum atomic E-state index is -0.950. The van der Waals surface area contributed by atoms with Crippen molar-refractivity contribution in [1.82, 2.24) is 24.5 Å². The van der Waals surface area contributed by atoms with Crippen molar-refractivity contribution in [3.63, 3.8) is 0 Å². The van der Waals surface area contributed by atoms with Gasteiger partial charge in [0.1, 0.15) is 16.8 Å². The van der Waals surface area contributed by atoms with Gasteiger partial charge in [0, 0.05) is 13.2 Å². The number of rotatable bonds is 1. The van der Waals surface area contributed by atoms with Crippen molar-refractivity contribution in [3.05, 3.63) is 35.4 Å². The maximum atomic E-state index is 10.5. The van der Waals surface area contributed by atoms with Crippen molar-refractivity contribution in [1.29, 1.82) is 0 Å². The molecule has 26 heavy (non-hydrogen) atoms. The van der Waals surface area contributed by atoms with E-state index in [-0.39, 0.29) is 11.0 Å². The minimum absolute atomic E-state index is 0.243. The smallest absolute Gasteiger partial charge is 0.208 e. The second kappa shape index (κ2) is 6.67. The highest BCUT2D eigenvalue weighted by atomic mass is 35.5. The zero-order chi connectivity index (χ0) is 18.1. The number of hydrogen-bond acceptors (Lipinski definition) is 5. The van der Waals surface area contributed by atoms with Crippen LogP contribution >= 0.6 is 11.6 Å². The molecule has 0 atom stereocenters. The number of nitrogens with zero attached hydrogens (tertiary/aromatic N) is 5. The summed E-state index contributed by atoms with van der Waals surface area (Å²) < 4.78 is 1.83. The van der Waals surface area contributed by atoms with Crippen LogP contribution in [0.5, 0.6) is 0 Å². The summed E-state index contributed by atoms with van der Waals surface area (Å²) in [6.45, 7) is 0. The Labute approximate surface area is 156 Å². The molecule has 1 aliphatic rings. The lowest BCUT2D eigenvalue weighted by Gasteiger charge is -2.26. The van der Waals surface area contributed by atoms with Crippen LogP contribution in [0.2, 0.25) is 5.15 Å². The van der Waals surface area contributed by atoms with Gasteiger partial charge in [-0.2, -0.15) is 0 Å². The summed E-state index contributed by atoms with van der Waals surface area (Å²) in [7, 11) is 1.86. The average Bonchev–Trinajstić information content (AvgIpc) is 2.99. The molecule has 4 rings (SSSR count). The Bertz CT molecular complexity index is 1010. The molecule has 6 nitrogen and oxygen atoms in total. The molecule has 0 bridgehead atoms. The molecule has 3 aromatic rings. The van der Waals surface area contributed by atoms with E-state index < -0.39 is 5.60 Å². The number of halogens is 1. The van der Waals surface area contributed by atoms with Gasteiger partial charge in [-0.15, -0.1) is 0 Å². The summed E-state index contributed by atoms with van der Waals surface area (Å²) in [6.07, 6.45) is 6.20. The van der Waals surface area contributed by atoms with E-state index in [4.69, 9.17) is 11.6 Å². The van der Waals surface area contributed by atoms with Gasteiger partial charge in [0.05, 0.1) is 0 Å². The van der Waals surface area contributed by atoms with E-state index in [1.54, 1.807) is 6.20 Å². The van der Waals surface area contributed by atoms with Gasteiger partial charge < -0.3 is 9.67 Å². The number of hydrogen-bond donors (Lipinski definition) is 1. The summed E-state index contributed by atoms with van der Waals surface area (Å²) in [5.74, 6) is 6.79. The van der Waals surface area contributed by atoms with E-state index in [1.165, 1.54) is 0 Å². The van der Waals surface area contributed by atoms with Gasteiger partial charge in [-0.3, -0.25) is 4.98 Å². The lowest BCUT2D eigenvalue weighted by Crippen LogP contribution is -2.29. The largest absolute Gasteiger partial charge is 0.378 e. The normalized spacial score (nSPS) is 16.3. The van der Waals surface area contributed by atoms with Crippen molar-refractivity contribution in [2.45, 2.75) is 37.7 Å². The van der Waals surface area contributed by atoms with Crippen LogP contribution in [-0.4, -0.2) is 35.2 Å². The third kappa shape index (κ3) is 3.16. The van der Waals surface area contributed by atoms with Crippen molar-refractivity contribution in [3.8, 4) is 23.4 Å². The predicted octanol–water partition coefficient (Wildman–Crippen LogP) is 3.13. The van der Waals surface area contributed by atoms with Gasteiger partial charge >= 0.3 is 0 Å². The van der Waals surface area contributed by atoms with Crippen LogP contribution in [0, 0.1) is 11.8 Å². The first-order valence-electron chi connectivity index (χ1n) is 8.63. The number of aliphatic hydroxyl groups is 1. The summed E-state index contributed by atoms with van der Waals surface area (Å²) >= 11 is 6.31. The van der Waals surface area contributed by atoms with Crippen molar-refractivity contribution in [2.24, 2.45) is 7.05 Å². The molecular weight excluding hydrogens is 350 g/mol. The Balaban J connectivity index is 1.76. The number of fused-ring (bicyclic) bond motifs is 1. The lowest BCUT2D eigenvalue weighted by molar-refractivity contribution is 0.0610. The van der Waals surface area contributed by atoms with Gasteiger partial charge in [-0.25, -0.2) is 15.0 Å². The third-order valence-corrected chi connectivity index (χ3v) is 4.92. The first kappa shape index (κ1) is 17.0. The molecule has 1 saturated carbocycles. The van der Waals surface area contributed by atoms with E-state index in [9.17, 15) is 5.11 Å². The van der Waals surface area contributed by atoms with Crippen LogP contribution in [0.25, 0.3) is 22.7 Å². The quantitative estimate of drug-likeness (QED) is 0.528. The summed E-state index contributed by atoms with van der Waals surface area (Å²) in [5.41, 5.74) is 0.879. The molecule has 7 heteroatoms. The molecule has 0 saturated heterocycles. The van der Waals surface area contributed by atoms with Crippen molar-refractivity contribution >= 4 is 22.8 Å². The van der Waals surface area contributed by atoms with Crippen molar-refractivity contribution in [2.75, 3.05) is 0 Å². The summed E-state index contributed by atoms with van der Waals surface area (Å²) in [4.78, 5) is 17.6. The maximum absolute atomic E-state index is 10.5. The monoisotopic (exact) mass is 367 g/mol. The SMILES string of the molecule is Cn1c(-c2ccccn2)nc2c(Cl)nc(C#CC3(O)CCCCC3)nc21. The van der Waals surface area contributed by atoms with E-state index in [0.717, 1.165) is 25.0 Å². The zero-order valence-electron chi connectivity index (χ0n) is 14.4. The van der Waals surface area contributed by atoms with Gasteiger partial charge in [0.15, 0.2) is 16.6 Å². The fourth-order valence-electron chi connectivity index (χ4n) is 3.24. The topological polar surface area (TPSA) is 76.7 Å². The number of imidazole rings is 1. The Hall–Kier alpha value is -2.49. The lowest BCUT2D eigenvalue weighted by atomic mass is 9.85. The van der Waals surface area contributed by atoms with E-state index >= 15 is 0 Å². The molecule has 0 radical (unpaired) electrons.